The van der Waals surface area contributed by atoms with Crippen molar-refractivity contribution in [2.45, 2.75) is 310 Å². The van der Waals surface area contributed by atoms with E-state index in [0.717, 1.165) is 26.4 Å². The molecule has 0 amide bonds. The second kappa shape index (κ2) is 57.2. The van der Waals surface area contributed by atoms with Crippen molar-refractivity contribution >= 4 is 0 Å². The maximum Gasteiger partial charge on any atom is 0.0466 e. The van der Waals surface area contributed by atoms with E-state index in [2.05, 4.69) is 27.7 Å². The summed E-state index contributed by atoms with van der Waals surface area (Å²) in [5.41, 5.74) is 0. The largest absolute Gasteiger partial charge is 0.381 e. The fourth-order valence-electron chi connectivity index (χ4n) is 7.68. The van der Waals surface area contributed by atoms with Crippen LogP contribution < -0.4 is 0 Å². The van der Waals surface area contributed by atoms with E-state index in [-0.39, 0.29) is 0 Å². The van der Waals surface area contributed by atoms with Crippen molar-refractivity contribution in [3.63, 3.8) is 0 Å². The highest BCUT2D eigenvalue weighted by Gasteiger charge is 1.98. The summed E-state index contributed by atoms with van der Waals surface area (Å²) in [7, 11) is 0. The molecule has 0 N–H and O–H groups in total. The van der Waals surface area contributed by atoms with Gasteiger partial charge in [-0.3, -0.25) is 0 Å². The predicted molar refractivity (Wildman–Crippen MR) is 247 cm³/mol. The first kappa shape index (κ1) is 56.0. The molecule has 0 aromatic rings. The molecule has 0 rings (SSSR count). The van der Waals surface area contributed by atoms with Crippen LogP contribution in [0.5, 0.6) is 0 Å². The Labute approximate surface area is 345 Å². The summed E-state index contributed by atoms with van der Waals surface area (Å²) in [6, 6.07) is 0. The SMILES string of the molecule is CCCCCCCCCCCCCCOCCCCCCCCCCCC.CCCCCCCCCCCCCCOCCCCCCCCCCCC. The second-order valence-corrected chi connectivity index (χ2v) is 17.4. The molecule has 0 bridgehead atoms. The van der Waals surface area contributed by atoms with Crippen LogP contribution in [0, 0.1) is 0 Å². The van der Waals surface area contributed by atoms with Gasteiger partial charge in [0, 0.05) is 26.4 Å². The van der Waals surface area contributed by atoms with Crippen molar-refractivity contribution in [2.24, 2.45) is 0 Å². The highest BCUT2D eigenvalue weighted by Crippen LogP contribution is 2.15. The van der Waals surface area contributed by atoms with Crippen molar-refractivity contribution in [1.29, 1.82) is 0 Å². The topological polar surface area (TPSA) is 18.5 Å². The Balaban J connectivity index is 0. The van der Waals surface area contributed by atoms with Crippen molar-refractivity contribution in [3.05, 3.63) is 0 Å². The molecule has 0 saturated carbocycles. The molecule has 2 nitrogen and oxygen atoms in total. The van der Waals surface area contributed by atoms with Crippen LogP contribution in [0.3, 0.4) is 0 Å². The van der Waals surface area contributed by atoms with Crippen LogP contribution in [0.15, 0.2) is 0 Å². The minimum atomic E-state index is 0.995. The molecule has 0 aromatic heterocycles. The average Bonchev–Trinajstić information content (AvgIpc) is 3.18. The van der Waals surface area contributed by atoms with Gasteiger partial charge in [-0.25, -0.2) is 0 Å². The van der Waals surface area contributed by atoms with E-state index in [0.29, 0.717) is 0 Å². The van der Waals surface area contributed by atoms with Gasteiger partial charge in [-0.2, -0.15) is 0 Å². The third-order valence-corrected chi connectivity index (χ3v) is 11.6. The summed E-state index contributed by atoms with van der Waals surface area (Å²) in [5, 5.41) is 0. The zero-order valence-electron chi connectivity index (χ0n) is 38.8. The zero-order chi connectivity index (χ0) is 39.4. The summed E-state index contributed by atoms with van der Waals surface area (Å²) in [5.74, 6) is 0. The fraction of sp³-hybridized carbons (Fsp3) is 1.00. The smallest absolute Gasteiger partial charge is 0.0466 e. The standard InChI is InChI=1S/2C26H54O/c2*1-3-5-7-9-11-13-15-16-18-20-22-24-26-27-25-23-21-19-17-14-12-10-8-6-4-2/h2*3-26H2,1-2H3. The number of unbranched alkanes of at least 4 members (excludes halogenated alkanes) is 40. The van der Waals surface area contributed by atoms with Gasteiger partial charge in [0.25, 0.3) is 0 Å². The Morgan fingerprint density at radius 1 is 0.148 bits per heavy atom. The molecule has 0 unspecified atom stereocenters. The maximum absolute atomic E-state index is 5.80. The third-order valence-electron chi connectivity index (χ3n) is 11.6. The van der Waals surface area contributed by atoms with Crippen LogP contribution in [0.25, 0.3) is 0 Å². The molecule has 0 aliphatic carbocycles. The molecule has 0 atom stereocenters. The van der Waals surface area contributed by atoms with Crippen molar-refractivity contribution in [2.75, 3.05) is 26.4 Å². The Hall–Kier alpha value is -0.0800. The Bertz CT molecular complexity index is 479. The molecule has 328 valence electrons. The van der Waals surface area contributed by atoms with E-state index in [4.69, 9.17) is 9.47 Å². The normalized spacial score (nSPS) is 11.3. The van der Waals surface area contributed by atoms with Crippen LogP contribution >= 0.6 is 0 Å². The van der Waals surface area contributed by atoms with Crippen molar-refractivity contribution in [3.8, 4) is 0 Å². The van der Waals surface area contributed by atoms with Gasteiger partial charge >= 0.3 is 0 Å². The van der Waals surface area contributed by atoms with E-state index in [9.17, 15) is 0 Å². The first-order valence-corrected chi connectivity index (χ1v) is 26.0. The maximum atomic E-state index is 5.80. The van der Waals surface area contributed by atoms with Gasteiger partial charge in [0.1, 0.15) is 0 Å². The lowest BCUT2D eigenvalue weighted by Crippen LogP contribution is -1.97. The van der Waals surface area contributed by atoms with E-state index in [1.807, 2.05) is 0 Å². The average molecular weight is 765 g/mol. The molecule has 2 heteroatoms. The van der Waals surface area contributed by atoms with Crippen LogP contribution in [-0.4, -0.2) is 26.4 Å². The van der Waals surface area contributed by atoms with Gasteiger partial charge in [0.05, 0.1) is 0 Å². The molecule has 0 aromatic carbocycles. The summed E-state index contributed by atoms with van der Waals surface area (Å²) in [6.07, 6.45) is 62.3. The number of ether oxygens (including phenoxy) is 2. The monoisotopic (exact) mass is 765 g/mol. The lowest BCUT2D eigenvalue weighted by molar-refractivity contribution is 0.125. The molecule has 0 spiro atoms. The van der Waals surface area contributed by atoms with Crippen LogP contribution in [0.2, 0.25) is 0 Å². The molecule has 0 aliphatic rings. The predicted octanol–water partition coefficient (Wildman–Crippen LogP) is 19.2. The van der Waals surface area contributed by atoms with Gasteiger partial charge in [-0.05, 0) is 25.7 Å². The fourth-order valence-corrected chi connectivity index (χ4v) is 7.68. The Morgan fingerprint density at radius 3 is 0.389 bits per heavy atom. The summed E-state index contributed by atoms with van der Waals surface area (Å²) < 4.78 is 11.6. The van der Waals surface area contributed by atoms with Crippen LogP contribution in [0.1, 0.15) is 310 Å². The minimum absolute atomic E-state index is 0.995. The van der Waals surface area contributed by atoms with E-state index < -0.39 is 0 Å². The lowest BCUT2D eigenvalue weighted by Gasteiger charge is -2.05. The molecular formula is C52H108O2. The van der Waals surface area contributed by atoms with Crippen LogP contribution in [0.4, 0.5) is 0 Å². The molecule has 0 aliphatic heterocycles. The van der Waals surface area contributed by atoms with Crippen molar-refractivity contribution < 1.29 is 9.47 Å². The van der Waals surface area contributed by atoms with Crippen LogP contribution in [-0.2, 0) is 9.47 Å². The van der Waals surface area contributed by atoms with Gasteiger partial charge in [0.15, 0.2) is 0 Å². The Kier molecular flexibility index (Phi) is 59.4. The van der Waals surface area contributed by atoms with Gasteiger partial charge in [-0.1, -0.05) is 285 Å². The summed E-state index contributed by atoms with van der Waals surface area (Å²) in [4.78, 5) is 0. The van der Waals surface area contributed by atoms with Gasteiger partial charge < -0.3 is 9.47 Å². The van der Waals surface area contributed by atoms with E-state index in [1.165, 1.54) is 283 Å². The van der Waals surface area contributed by atoms with E-state index in [1.54, 1.807) is 0 Å². The summed E-state index contributed by atoms with van der Waals surface area (Å²) >= 11 is 0. The zero-order valence-corrected chi connectivity index (χ0v) is 38.8. The lowest BCUT2D eigenvalue weighted by atomic mass is 10.1. The number of hydrogen-bond donors (Lipinski definition) is 0. The highest BCUT2D eigenvalue weighted by molar-refractivity contribution is 4.52. The second-order valence-electron chi connectivity index (χ2n) is 17.4. The molecular weight excluding hydrogens is 657 g/mol. The first-order chi connectivity index (χ1) is 26.8. The van der Waals surface area contributed by atoms with Crippen molar-refractivity contribution in [1.82, 2.24) is 0 Å². The minimum Gasteiger partial charge on any atom is -0.381 e. The quantitative estimate of drug-likeness (QED) is 0.0575. The number of hydrogen-bond acceptors (Lipinski definition) is 2. The summed E-state index contributed by atoms with van der Waals surface area (Å²) in [6.45, 7) is 13.2. The molecule has 0 fully saturated rings. The molecule has 0 radical (unpaired) electrons. The molecule has 54 heavy (non-hydrogen) atoms. The molecule has 0 heterocycles. The molecule has 0 saturated heterocycles. The van der Waals surface area contributed by atoms with E-state index >= 15 is 0 Å². The highest BCUT2D eigenvalue weighted by atomic mass is 16.5. The number of rotatable bonds is 48. The van der Waals surface area contributed by atoms with Gasteiger partial charge in [-0.15, -0.1) is 0 Å². The van der Waals surface area contributed by atoms with Gasteiger partial charge in [0.2, 0.25) is 0 Å². The Morgan fingerprint density at radius 2 is 0.259 bits per heavy atom. The third kappa shape index (κ3) is 58.6. The first-order valence-electron chi connectivity index (χ1n) is 26.0.